The third-order valence-electron chi connectivity index (χ3n) is 4.09. The molecular formula is C19H17N5O. The summed E-state index contributed by atoms with van der Waals surface area (Å²) in [5.74, 6) is 0. The van der Waals surface area contributed by atoms with Crippen LogP contribution in [-0.4, -0.2) is 19.9 Å². The second-order valence-corrected chi connectivity index (χ2v) is 5.91. The number of nitrogen functional groups attached to an aromatic ring is 1. The number of H-pyrrole nitrogens is 2. The number of aromatic nitrogens is 4. The van der Waals surface area contributed by atoms with Crippen molar-refractivity contribution in [1.82, 2.24) is 19.9 Å². The van der Waals surface area contributed by atoms with Crippen LogP contribution in [0, 0.1) is 0 Å². The molecule has 4 aromatic rings. The molecule has 2 aromatic heterocycles. The molecule has 25 heavy (non-hydrogen) atoms. The standard InChI is InChI=1S/C19H17N5O/c20-14-8-4-7-13(11-14)16-15(10-9-12-5-2-1-3-6-12)21-17-18(22-16)24-19(25)23-17/h1-8,11H,9-10,20H2,(H2,21,22,23,24,25). The maximum absolute atomic E-state index is 11.6. The minimum atomic E-state index is -0.311. The van der Waals surface area contributed by atoms with Crippen LogP contribution < -0.4 is 11.4 Å². The molecule has 0 fully saturated rings. The summed E-state index contributed by atoms with van der Waals surface area (Å²) >= 11 is 0. The first-order valence-corrected chi connectivity index (χ1v) is 8.08. The van der Waals surface area contributed by atoms with Gasteiger partial charge in [0.1, 0.15) is 0 Å². The molecule has 0 saturated heterocycles. The van der Waals surface area contributed by atoms with Crippen molar-refractivity contribution in [1.29, 1.82) is 0 Å². The van der Waals surface area contributed by atoms with Crippen LogP contribution in [0.25, 0.3) is 22.6 Å². The summed E-state index contributed by atoms with van der Waals surface area (Å²) in [6.45, 7) is 0. The second kappa shape index (κ2) is 6.24. The zero-order valence-corrected chi connectivity index (χ0v) is 13.5. The molecule has 0 aliphatic rings. The predicted molar refractivity (Wildman–Crippen MR) is 98.2 cm³/mol. The van der Waals surface area contributed by atoms with E-state index in [0.29, 0.717) is 23.4 Å². The number of nitrogens with one attached hydrogen (secondary N) is 2. The number of fused-ring (bicyclic) bond motifs is 1. The Kier molecular flexibility index (Phi) is 3.78. The van der Waals surface area contributed by atoms with Crippen molar-refractivity contribution in [3.05, 3.63) is 76.3 Å². The highest BCUT2D eigenvalue weighted by Gasteiger charge is 2.13. The third-order valence-corrected chi connectivity index (χ3v) is 4.09. The topological polar surface area (TPSA) is 100 Å². The number of hydrogen-bond donors (Lipinski definition) is 3. The fourth-order valence-electron chi connectivity index (χ4n) is 2.89. The van der Waals surface area contributed by atoms with E-state index >= 15 is 0 Å². The lowest BCUT2D eigenvalue weighted by Gasteiger charge is -2.09. The molecule has 4 N–H and O–H groups in total. The van der Waals surface area contributed by atoms with E-state index in [1.807, 2.05) is 42.5 Å². The molecule has 6 heteroatoms. The van der Waals surface area contributed by atoms with Gasteiger partial charge in [-0.05, 0) is 30.5 Å². The van der Waals surface area contributed by atoms with Gasteiger partial charge in [-0.3, -0.25) is 9.97 Å². The van der Waals surface area contributed by atoms with Crippen molar-refractivity contribution in [2.75, 3.05) is 5.73 Å². The molecule has 0 amide bonds. The zero-order valence-electron chi connectivity index (χ0n) is 13.5. The highest BCUT2D eigenvalue weighted by molar-refractivity contribution is 5.73. The number of benzene rings is 2. The summed E-state index contributed by atoms with van der Waals surface area (Å²) in [6, 6.07) is 17.7. The average molecular weight is 331 g/mol. The van der Waals surface area contributed by atoms with Gasteiger partial charge in [0.25, 0.3) is 0 Å². The molecule has 4 rings (SSSR count). The van der Waals surface area contributed by atoms with Crippen LogP contribution in [-0.2, 0) is 12.8 Å². The van der Waals surface area contributed by atoms with E-state index in [4.69, 9.17) is 5.73 Å². The van der Waals surface area contributed by atoms with Crippen LogP contribution in [0.4, 0.5) is 5.69 Å². The number of aryl methyl sites for hydroxylation is 2. The van der Waals surface area contributed by atoms with Crippen LogP contribution in [0.15, 0.2) is 59.4 Å². The average Bonchev–Trinajstić information content (AvgIpc) is 2.99. The molecule has 0 saturated carbocycles. The summed E-state index contributed by atoms with van der Waals surface area (Å²) in [5, 5.41) is 0. The van der Waals surface area contributed by atoms with Crippen LogP contribution in [0.1, 0.15) is 11.3 Å². The quantitative estimate of drug-likeness (QED) is 0.500. The van der Waals surface area contributed by atoms with E-state index in [1.165, 1.54) is 5.56 Å². The van der Waals surface area contributed by atoms with Crippen molar-refractivity contribution < 1.29 is 0 Å². The number of anilines is 1. The summed E-state index contributed by atoms with van der Waals surface area (Å²) in [5.41, 5.74) is 10.9. The number of rotatable bonds is 4. The Morgan fingerprint density at radius 3 is 2.40 bits per heavy atom. The molecule has 0 aliphatic carbocycles. The van der Waals surface area contributed by atoms with Crippen molar-refractivity contribution in [3.63, 3.8) is 0 Å². The van der Waals surface area contributed by atoms with Gasteiger partial charge in [-0.25, -0.2) is 14.8 Å². The molecule has 2 aromatic carbocycles. The maximum Gasteiger partial charge on any atom is 0.326 e. The van der Waals surface area contributed by atoms with Gasteiger partial charge < -0.3 is 5.73 Å². The summed E-state index contributed by atoms with van der Waals surface area (Å²) < 4.78 is 0. The second-order valence-electron chi connectivity index (χ2n) is 5.91. The molecule has 2 heterocycles. The Bertz CT molecular complexity index is 1080. The first kappa shape index (κ1) is 15.1. The van der Waals surface area contributed by atoms with E-state index < -0.39 is 0 Å². The lowest BCUT2D eigenvalue weighted by Crippen LogP contribution is -2.02. The number of hydrogen-bond acceptors (Lipinski definition) is 4. The molecule has 0 spiro atoms. The SMILES string of the molecule is Nc1cccc(-c2nc3[nH]c(=O)[nH]c3nc2CCc2ccccc2)c1. The zero-order chi connectivity index (χ0) is 17.2. The largest absolute Gasteiger partial charge is 0.399 e. The molecule has 6 nitrogen and oxygen atoms in total. The Morgan fingerprint density at radius 2 is 1.64 bits per heavy atom. The highest BCUT2D eigenvalue weighted by atomic mass is 16.1. The van der Waals surface area contributed by atoms with Gasteiger partial charge in [-0.15, -0.1) is 0 Å². The molecule has 0 unspecified atom stereocenters. The van der Waals surface area contributed by atoms with Crippen LogP contribution in [0.2, 0.25) is 0 Å². The molecule has 0 bridgehead atoms. The molecule has 0 radical (unpaired) electrons. The third kappa shape index (κ3) is 3.14. The van der Waals surface area contributed by atoms with Gasteiger partial charge in [-0.1, -0.05) is 42.5 Å². The molecular weight excluding hydrogens is 314 g/mol. The Balaban J connectivity index is 1.79. The summed E-state index contributed by atoms with van der Waals surface area (Å²) in [7, 11) is 0. The lowest BCUT2D eigenvalue weighted by atomic mass is 10.0. The van der Waals surface area contributed by atoms with E-state index in [-0.39, 0.29) is 5.69 Å². The van der Waals surface area contributed by atoms with Gasteiger partial charge in [0, 0.05) is 11.3 Å². The summed E-state index contributed by atoms with van der Waals surface area (Å²) in [6.07, 6.45) is 1.55. The monoisotopic (exact) mass is 331 g/mol. The predicted octanol–water partition coefficient (Wildman–Crippen LogP) is 2.68. The maximum atomic E-state index is 11.6. The lowest BCUT2D eigenvalue weighted by molar-refractivity contribution is 0.913. The van der Waals surface area contributed by atoms with Gasteiger partial charge in [-0.2, -0.15) is 0 Å². The highest BCUT2D eigenvalue weighted by Crippen LogP contribution is 2.24. The fourth-order valence-corrected chi connectivity index (χ4v) is 2.89. The normalized spacial score (nSPS) is 11.0. The molecule has 0 aliphatic heterocycles. The van der Waals surface area contributed by atoms with Gasteiger partial charge in [0.15, 0.2) is 11.3 Å². The summed E-state index contributed by atoms with van der Waals surface area (Å²) in [4.78, 5) is 26.2. The fraction of sp³-hybridized carbons (Fsp3) is 0.105. The molecule has 0 atom stereocenters. The Morgan fingerprint density at radius 1 is 0.880 bits per heavy atom. The first-order chi connectivity index (χ1) is 12.2. The number of nitrogens with two attached hydrogens (primary N) is 1. The van der Waals surface area contributed by atoms with Crippen molar-refractivity contribution >= 4 is 17.0 Å². The Labute approximate surface area is 143 Å². The van der Waals surface area contributed by atoms with E-state index in [1.54, 1.807) is 0 Å². The van der Waals surface area contributed by atoms with Crippen LogP contribution in [0.3, 0.4) is 0 Å². The van der Waals surface area contributed by atoms with E-state index in [2.05, 4.69) is 32.1 Å². The van der Waals surface area contributed by atoms with Crippen LogP contribution >= 0.6 is 0 Å². The van der Waals surface area contributed by atoms with Gasteiger partial charge in [0.05, 0.1) is 11.4 Å². The minimum Gasteiger partial charge on any atom is -0.399 e. The van der Waals surface area contributed by atoms with Crippen LogP contribution in [0.5, 0.6) is 0 Å². The minimum absolute atomic E-state index is 0.311. The first-order valence-electron chi connectivity index (χ1n) is 8.08. The van der Waals surface area contributed by atoms with E-state index in [0.717, 1.165) is 23.4 Å². The smallest absolute Gasteiger partial charge is 0.326 e. The number of aromatic amines is 2. The number of imidazole rings is 1. The molecule has 124 valence electrons. The van der Waals surface area contributed by atoms with Gasteiger partial charge in [0.2, 0.25) is 0 Å². The number of nitrogens with zero attached hydrogens (tertiary/aromatic N) is 2. The van der Waals surface area contributed by atoms with Crippen molar-refractivity contribution in [3.8, 4) is 11.3 Å². The Hall–Kier alpha value is -3.41. The van der Waals surface area contributed by atoms with Crippen molar-refractivity contribution in [2.45, 2.75) is 12.8 Å². The van der Waals surface area contributed by atoms with Crippen molar-refractivity contribution in [2.24, 2.45) is 0 Å². The van der Waals surface area contributed by atoms with Gasteiger partial charge >= 0.3 is 5.69 Å². The van der Waals surface area contributed by atoms with E-state index in [9.17, 15) is 4.79 Å².